The fraction of sp³-hybridized carbons (Fsp3) is 0.571. The Labute approximate surface area is 96.2 Å². The van der Waals surface area contributed by atoms with Crippen molar-refractivity contribution in [2.45, 2.75) is 37.3 Å². The highest BCUT2D eigenvalue weighted by molar-refractivity contribution is 5.30. The quantitative estimate of drug-likeness (QED) is 0.714. The summed E-state index contributed by atoms with van der Waals surface area (Å²) >= 11 is 0. The highest BCUT2D eigenvalue weighted by Crippen LogP contribution is 2.78. The van der Waals surface area contributed by atoms with Gasteiger partial charge in [-0.25, -0.2) is 0 Å². The standard InChI is InChI=1S/C14H17NO/c1-15-12(11-5-3-2-4-6-11)9-14(16-15)10-13(14)7-8-13/h2-6,12H,7-10H2,1H3. The molecule has 2 unspecified atom stereocenters. The molecule has 1 aromatic carbocycles. The number of hydroxylamine groups is 2. The van der Waals surface area contributed by atoms with Gasteiger partial charge in [0, 0.05) is 18.9 Å². The van der Waals surface area contributed by atoms with Crippen molar-refractivity contribution in [3.05, 3.63) is 35.9 Å². The van der Waals surface area contributed by atoms with E-state index < -0.39 is 0 Å². The summed E-state index contributed by atoms with van der Waals surface area (Å²) < 4.78 is 0. The Kier molecular flexibility index (Phi) is 1.55. The summed E-state index contributed by atoms with van der Waals surface area (Å²) in [6.45, 7) is 0. The molecular weight excluding hydrogens is 198 g/mol. The van der Waals surface area contributed by atoms with Crippen LogP contribution in [0.25, 0.3) is 0 Å². The molecule has 16 heavy (non-hydrogen) atoms. The number of hydrogen-bond donors (Lipinski definition) is 0. The van der Waals surface area contributed by atoms with Crippen LogP contribution in [0.1, 0.15) is 37.3 Å². The Bertz CT molecular complexity index is 426. The van der Waals surface area contributed by atoms with Gasteiger partial charge in [0.1, 0.15) is 0 Å². The molecule has 2 nitrogen and oxygen atoms in total. The minimum atomic E-state index is 0.224. The van der Waals surface area contributed by atoms with E-state index in [2.05, 4.69) is 42.4 Å². The van der Waals surface area contributed by atoms with Crippen molar-refractivity contribution in [2.75, 3.05) is 7.05 Å². The van der Waals surface area contributed by atoms with E-state index in [1.807, 2.05) is 0 Å². The van der Waals surface area contributed by atoms with Gasteiger partial charge in [-0.3, -0.25) is 4.84 Å². The Balaban J connectivity index is 1.63. The van der Waals surface area contributed by atoms with E-state index in [9.17, 15) is 0 Å². The summed E-state index contributed by atoms with van der Waals surface area (Å²) in [5, 5.41) is 2.09. The van der Waals surface area contributed by atoms with Crippen LogP contribution in [-0.2, 0) is 4.84 Å². The highest BCUT2D eigenvalue weighted by Gasteiger charge is 2.78. The SMILES string of the molecule is CN1OC2(CC1c1ccccc1)CC21CC1. The molecule has 2 aliphatic carbocycles. The smallest absolute Gasteiger partial charge is 0.0982 e. The van der Waals surface area contributed by atoms with E-state index in [4.69, 9.17) is 4.84 Å². The lowest BCUT2D eigenvalue weighted by atomic mass is 9.99. The van der Waals surface area contributed by atoms with Crippen molar-refractivity contribution in [3.63, 3.8) is 0 Å². The molecule has 0 radical (unpaired) electrons. The van der Waals surface area contributed by atoms with Crippen LogP contribution in [0, 0.1) is 5.41 Å². The third-order valence-electron chi connectivity index (χ3n) is 4.78. The minimum absolute atomic E-state index is 0.224. The van der Waals surface area contributed by atoms with Gasteiger partial charge in [-0.2, -0.15) is 5.06 Å². The molecule has 3 fully saturated rings. The molecule has 2 spiro atoms. The maximum Gasteiger partial charge on any atom is 0.0982 e. The summed E-state index contributed by atoms with van der Waals surface area (Å²) in [5.74, 6) is 0. The Morgan fingerprint density at radius 1 is 1.25 bits per heavy atom. The van der Waals surface area contributed by atoms with Crippen molar-refractivity contribution < 1.29 is 4.84 Å². The van der Waals surface area contributed by atoms with Crippen LogP contribution < -0.4 is 0 Å². The number of hydrogen-bond acceptors (Lipinski definition) is 2. The van der Waals surface area contributed by atoms with Gasteiger partial charge in [-0.1, -0.05) is 30.3 Å². The van der Waals surface area contributed by atoms with Crippen LogP contribution in [0.15, 0.2) is 30.3 Å². The van der Waals surface area contributed by atoms with E-state index in [1.54, 1.807) is 0 Å². The van der Waals surface area contributed by atoms with Crippen LogP contribution in [-0.4, -0.2) is 17.7 Å². The lowest BCUT2D eigenvalue weighted by Gasteiger charge is -2.17. The summed E-state index contributed by atoms with van der Waals surface area (Å²) in [6, 6.07) is 11.2. The molecule has 0 bridgehead atoms. The molecule has 3 aliphatic rings. The molecule has 2 saturated carbocycles. The Hall–Kier alpha value is -0.860. The molecule has 4 rings (SSSR count). The molecule has 1 aromatic rings. The first-order chi connectivity index (χ1) is 7.75. The fourth-order valence-corrected chi connectivity index (χ4v) is 3.52. The van der Waals surface area contributed by atoms with Crippen LogP contribution in [0.4, 0.5) is 0 Å². The van der Waals surface area contributed by atoms with Crippen molar-refractivity contribution in [2.24, 2.45) is 5.41 Å². The molecule has 0 amide bonds. The maximum atomic E-state index is 6.14. The van der Waals surface area contributed by atoms with E-state index in [1.165, 1.54) is 31.2 Å². The number of rotatable bonds is 1. The predicted octanol–water partition coefficient (Wildman–Crippen LogP) is 2.92. The van der Waals surface area contributed by atoms with Gasteiger partial charge in [-0.15, -0.1) is 0 Å². The normalized spacial score (nSPS) is 39.4. The first-order valence-electron chi connectivity index (χ1n) is 6.22. The summed E-state index contributed by atoms with van der Waals surface area (Å²) in [5.41, 5.74) is 2.22. The molecular formula is C14H17NO. The lowest BCUT2D eigenvalue weighted by molar-refractivity contribution is -0.161. The summed E-state index contributed by atoms with van der Waals surface area (Å²) in [7, 11) is 2.08. The number of fused-ring (bicyclic) bond motifs is 1. The van der Waals surface area contributed by atoms with Crippen LogP contribution >= 0.6 is 0 Å². The first kappa shape index (κ1) is 9.20. The third kappa shape index (κ3) is 1.04. The monoisotopic (exact) mass is 215 g/mol. The molecule has 1 heterocycles. The van der Waals surface area contributed by atoms with Gasteiger partial charge in [0.2, 0.25) is 0 Å². The van der Waals surface area contributed by atoms with Crippen LogP contribution in [0.5, 0.6) is 0 Å². The van der Waals surface area contributed by atoms with Crippen molar-refractivity contribution >= 4 is 0 Å². The van der Waals surface area contributed by atoms with E-state index in [-0.39, 0.29) is 5.60 Å². The van der Waals surface area contributed by atoms with Gasteiger partial charge in [0.25, 0.3) is 0 Å². The molecule has 0 N–H and O–H groups in total. The molecule has 1 aliphatic heterocycles. The zero-order valence-corrected chi connectivity index (χ0v) is 9.65. The van der Waals surface area contributed by atoms with E-state index >= 15 is 0 Å². The predicted molar refractivity (Wildman–Crippen MR) is 61.7 cm³/mol. The zero-order chi connectivity index (χ0) is 10.8. The van der Waals surface area contributed by atoms with Gasteiger partial charge in [0.05, 0.1) is 11.6 Å². The van der Waals surface area contributed by atoms with E-state index in [0.717, 1.165) is 0 Å². The zero-order valence-electron chi connectivity index (χ0n) is 9.65. The van der Waals surface area contributed by atoms with Gasteiger partial charge in [0.15, 0.2) is 0 Å². The largest absolute Gasteiger partial charge is 0.291 e. The minimum Gasteiger partial charge on any atom is -0.291 e. The maximum absolute atomic E-state index is 6.14. The topological polar surface area (TPSA) is 12.5 Å². The first-order valence-corrected chi connectivity index (χ1v) is 6.22. The average molecular weight is 215 g/mol. The van der Waals surface area contributed by atoms with Crippen molar-refractivity contribution in [3.8, 4) is 0 Å². The molecule has 2 atom stereocenters. The molecule has 1 saturated heterocycles. The summed E-state index contributed by atoms with van der Waals surface area (Å²) in [6.07, 6.45) is 5.27. The lowest BCUT2D eigenvalue weighted by Crippen LogP contribution is -2.18. The highest BCUT2D eigenvalue weighted by atomic mass is 16.7. The second-order valence-electron chi connectivity index (χ2n) is 5.72. The van der Waals surface area contributed by atoms with Gasteiger partial charge >= 0.3 is 0 Å². The third-order valence-corrected chi connectivity index (χ3v) is 4.78. The van der Waals surface area contributed by atoms with Gasteiger partial charge in [-0.05, 0) is 24.8 Å². The van der Waals surface area contributed by atoms with E-state index in [0.29, 0.717) is 11.5 Å². The number of nitrogens with zero attached hydrogens (tertiary/aromatic N) is 1. The second kappa shape index (κ2) is 2.69. The van der Waals surface area contributed by atoms with Crippen molar-refractivity contribution in [1.29, 1.82) is 0 Å². The molecule has 2 heteroatoms. The fourth-order valence-electron chi connectivity index (χ4n) is 3.52. The van der Waals surface area contributed by atoms with Crippen molar-refractivity contribution in [1.82, 2.24) is 5.06 Å². The van der Waals surface area contributed by atoms with Crippen LogP contribution in [0.3, 0.4) is 0 Å². The Morgan fingerprint density at radius 2 is 2.00 bits per heavy atom. The molecule has 0 aromatic heterocycles. The van der Waals surface area contributed by atoms with Gasteiger partial charge < -0.3 is 0 Å². The second-order valence-corrected chi connectivity index (χ2v) is 5.72. The Morgan fingerprint density at radius 3 is 2.62 bits per heavy atom. The number of benzene rings is 1. The molecule has 84 valence electrons. The van der Waals surface area contributed by atoms with Crippen LogP contribution in [0.2, 0.25) is 0 Å². The summed E-state index contributed by atoms with van der Waals surface area (Å²) in [4.78, 5) is 6.14. The average Bonchev–Trinajstić information content (AvgIpc) is 3.15.